The number of nitrogens with two attached hydrogens (primary N) is 2. The van der Waals surface area contributed by atoms with Crippen LogP contribution in [0.15, 0.2) is 0 Å². The Morgan fingerprint density at radius 1 is 0.591 bits per heavy atom. The van der Waals surface area contributed by atoms with Crippen LogP contribution in [-0.2, 0) is 33.6 Å². The molecule has 0 rings (SSSR count). The number of hydrogen-bond acceptors (Lipinski definition) is 8. The molecule has 0 spiro atoms. The second kappa shape index (κ2) is 23.7. The zero-order chi connectivity index (χ0) is 33.5. The van der Waals surface area contributed by atoms with Gasteiger partial charge in [0, 0.05) is 12.8 Å². The molecule has 0 saturated carbocycles. The Morgan fingerprint density at radius 3 is 1.59 bits per heavy atom. The van der Waals surface area contributed by atoms with Crippen LogP contribution in [0.1, 0.15) is 110 Å². The summed E-state index contributed by atoms with van der Waals surface area (Å²) in [6.07, 6.45) is 9.45. The van der Waals surface area contributed by atoms with Crippen LogP contribution in [0.4, 0.5) is 0 Å². The third-order valence-corrected chi connectivity index (χ3v) is 7.04. The Kier molecular flexibility index (Phi) is 21.7. The normalized spacial score (nSPS) is 13.5. The van der Waals surface area contributed by atoms with Gasteiger partial charge in [0.15, 0.2) is 0 Å². The highest BCUT2D eigenvalue weighted by molar-refractivity contribution is 5.90. The molecule has 0 aliphatic heterocycles. The fourth-order valence-corrected chi connectivity index (χ4v) is 4.39. The summed E-state index contributed by atoms with van der Waals surface area (Å²) in [7, 11) is 0. The molecule has 0 heterocycles. The first kappa shape index (κ1) is 40.2. The predicted molar refractivity (Wildman–Crippen MR) is 162 cm³/mol. The molecule has 0 aromatic carbocycles. The van der Waals surface area contributed by atoms with E-state index in [4.69, 9.17) is 11.5 Å². The standard InChI is InChI=1S/C29H52N6O9/c1-3-4-5-6-7-8-9-10-11-15-23(36)32-19(2)27(40)35-22(29(43)44)16-17-24(37)34-21(28(41)42)14-12-13-20(26(31)39)33-25(38)18-30/h19-22H,3-18,30H2,1-2H3,(H2,31,39)(H,32,36)(H,33,38)(H,34,37)(H,35,40)(H,41,42)(H,43,44)/t19-,20+,21+,22-/m0/s1. The number of amides is 5. The van der Waals surface area contributed by atoms with Gasteiger partial charge in [0.1, 0.15) is 24.2 Å². The molecule has 0 aliphatic carbocycles. The second-order valence-electron chi connectivity index (χ2n) is 10.9. The summed E-state index contributed by atoms with van der Waals surface area (Å²) in [4.78, 5) is 83.3. The number of unbranched alkanes of at least 4 members (excludes halogenated alkanes) is 8. The van der Waals surface area contributed by atoms with Crippen molar-refractivity contribution in [1.29, 1.82) is 0 Å². The van der Waals surface area contributed by atoms with Crippen molar-refractivity contribution in [3.8, 4) is 0 Å². The van der Waals surface area contributed by atoms with Crippen molar-refractivity contribution in [1.82, 2.24) is 21.3 Å². The van der Waals surface area contributed by atoms with E-state index >= 15 is 0 Å². The van der Waals surface area contributed by atoms with Gasteiger partial charge in [-0.25, -0.2) is 9.59 Å². The highest BCUT2D eigenvalue weighted by Crippen LogP contribution is 2.11. The van der Waals surface area contributed by atoms with Crippen molar-refractivity contribution in [2.75, 3.05) is 6.54 Å². The number of nitrogens with one attached hydrogen (secondary N) is 4. The highest BCUT2D eigenvalue weighted by atomic mass is 16.4. The molecule has 0 aliphatic rings. The Bertz CT molecular complexity index is 946. The summed E-state index contributed by atoms with van der Waals surface area (Å²) in [5.41, 5.74) is 10.4. The molecule has 0 saturated heterocycles. The van der Waals surface area contributed by atoms with Crippen molar-refractivity contribution < 1.29 is 43.8 Å². The molecule has 15 heteroatoms. The minimum atomic E-state index is -1.45. The van der Waals surface area contributed by atoms with Gasteiger partial charge >= 0.3 is 11.9 Å². The van der Waals surface area contributed by atoms with Crippen molar-refractivity contribution in [3.63, 3.8) is 0 Å². The third-order valence-electron chi connectivity index (χ3n) is 7.04. The number of carbonyl (C=O) groups is 7. The molecule has 0 aromatic heterocycles. The predicted octanol–water partition coefficient (Wildman–Crippen LogP) is 0.430. The van der Waals surface area contributed by atoms with E-state index < -0.39 is 66.2 Å². The quantitative estimate of drug-likeness (QED) is 0.0612. The number of primary amides is 1. The van der Waals surface area contributed by atoms with Gasteiger partial charge in [-0.2, -0.15) is 0 Å². The van der Waals surface area contributed by atoms with E-state index in [1.54, 1.807) is 0 Å². The Hall–Kier alpha value is -3.75. The maximum Gasteiger partial charge on any atom is 0.326 e. The molecule has 4 atom stereocenters. The molecule has 15 nitrogen and oxygen atoms in total. The van der Waals surface area contributed by atoms with Gasteiger partial charge in [0.25, 0.3) is 0 Å². The van der Waals surface area contributed by atoms with Crippen LogP contribution in [0.3, 0.4) is 0 Å². The minimum absolute atomic E-state index is 0.0156. The first-order chi connectivity index (χ1) is 20.8. The molecule has 0 radical (unpaired) electrons. The first-order valence-electron chi connectivity index (χ1n) is 15.5. The first-order valence-corrected chi connectivity index (χ1v) is 15.5. The average molecular weight is 629 g/mol. The van der Waals surface area contributed by atoms with E-state index in [9.17, 15) is 43.8 Å². The van der Waals surface area contributed by atoms with Crippen molar-refractivity contribution in [2.24, 2.45) is 11.5 Å². The summed E-state index contributed by atoms with van der Waals surface area (Å²) < 4.78 is 0. The lowest BCUT2D eigenvalue weighted by atomic mass is 10.0. The molecule has 0 bridgehead atoms. The van der Waals surface area contributed by atoms with Crippen molar-refractivity contribution in [2.45, 2.75) is 134 Å². The zero-order valence-electron chi connectivity index (χ0n) is 26.0. The van der Waals surface area contributed by atoms with Crippen LogP contribution in [0.2, 0.25) is 0 Å². The van der Waals surface area contributed by atoms with Gasteiger partial charge in [0.05, 0.1) is 6.54 Å². The average Bonchev–Trinajstić information content (AvgIpc) is 2.96. The van der Waals surface area contributed by atoms with E-state index in [1.807, 2.05) is 0 Å². The molecular weight excluding hydrogens is 576 g/mol. The van der Waals surface area contributed by atoms with Crippen LogP contribution in [-0.4, -0.2) is 82.4 Å². The number of carboxylic acids is 2. The van der Waals surface area contributed by atoms with Crippen molar-refractivity contribution >= 4 is 41.5 Å². The van der Waals surface area contributed by atoms with E-state index in [0.29, 0.717) is 6.42 Å². The van der Waals surface area contributed by atoms with Crippen LogP contribution in [0.5, 0.6) is 0 Å². The van der Waals surface area contributed by atoms with Crippen molar-refractivity contribution in [3.05, 3.63) is 0 Å². The lowest BCUT2D eigenvalue weighted by molar-refractivity contribution is -0.143. The molecule has 0 fully saturated rings. The molecular formula is C29H52N6O9. The lowest BCUT2D eigenvalue weighted by Crippen LogP contribution is -2.50. The van der Waals surface area contributed by atoms with E-state index in [2.05, 4.69) is 28.2 Å². The van der Waals surface area contributed by atoms with E-state index in [0.717, 1.165) is 19.3 Å². The minimum Gasteiger partial charge on any atom is -0.480 e. The van der Waals surface area contributed by atoms with Gasteiger partial charge < -0.3 is 42.9 Å². The molecule has 10 N–H and O–H groups in total. The maximum absolute atomic E-state index is 12.5. The number of carboxylic acid groups (broad SMARTS) is 2. The topological polar surface area (TPSA) is 260 Å². The van der Waals surface area contributed by atoms with E-state index in [-0.39, 0.29) is 44.6 Å². The highest BCUT2D eigenvalue weighted by Gasteiger charge is 2.26. The Labute approximate surface area is 259 Å². The molecule has 0 aromatic rings. The van der Waals surface area contributed by atoms with Crippen LogP contribution >= 0.6 is 0 Å². The summed E-state index contributed by atoms with van der Waals surface area (Å²) in [5, 5.41) is 28.4. The maximum atomic E-state index is 12.5. The fourth-order valence-electron chi connectivity index (χ4n) is 4.39. The molecule has 5 amide bonds. The van der Waals surface area contributed by atoms with Crippen LogP contribution in [0, 0.1) is 0 Å². The SMILES string of the molecule is CCCCCCCCCCCC(=O)N[C@@H](C)C(=O)N[C@@H](CCC(=O)N[C@H](CCC[C@@H](NC(=O)CN)C(N)=O)C(=O)O)C(=O)O. The summed E-state index contributed by atoms with van der Waals surface area (Å²) in [5.74, 6) is -5.98. The van der Waals surface area contributed by atoms with Gasteiger partial charge in [-0.05, 0) is 39.0 Å². The molecule has 44 heavy (non-hydrogen) atoms. The number of hydrogen-bond donors (Lipinski definition) is 8. The van der Waals surface area contributed by atoms with E-state index in [1.165, 1.54) is 39.0 Å². The Balaban J connectivity index is 4.59. The van der Waals surface area contributed by atoms with Gasteiger partial charge in [-0.3, -0.25) is 24.0 Å². The number of carbonyl (C=O) groups excluding carboxylic acids is 5. The lowest BCUT2D eigenvalue weighted by Gasteiger charge is -2.20. The zero-order valence-corrected chi connectivity index (χ0v) is 26.0. The second-order valence-corrected chi connectivity index (χ2v) is 10.9. The fraction of sp³-hybridized carbons (Fsp3) is 0.759. The third kappa shape index (κ3) is 19.4. The van der Waals surface area contributed by atoms with Gasteiger partial charge in [-0.15, -0.1) is 0 Å². The monoisotopic (exact) mass is 628 g/mol. The number of aliphatic carboxylic acids is 2. The number of rotatable bonds is 26. The van der Waals surface area contributed by atoms with Crippen LogP contribution in [0.25, 0.3) is 0 Å². The molecule has 252 valence electrons. The summed E-state index contributed by atoms with van der Waals surface area (Å²) in [6, 6.07) is -4.85. The Morgan fingerprint density at radius 2 is 1.07 bits per heavy atom. The summed E-state index contributed by atoms with van der Waals surface area (Å²) in [6.45, 7) is 3.24. The summed E-state index contributed by atoms with van der Waals surface area (Å²) >= 11 is 0. The molecule has 0 unspecified atom stereocenters. The van der Waals surface area contributed by atoms with Crippen LogP contribution < -0.4 is 32.7 Å². The van der Waals surface area contributed by atoms with Gasteiger partial charge in [-0.1, -0.05) is 58.3 Å². The largest absolute Gasteiger partial charge is 0.480 e. The van der Waals surface area contributed by atoms with Gasteiger partial charge in [0.2, 0.25) is 29.5 Å². The smallest absolute Gasteiger partial charge is 0.326 e.